The van der Waals surface area contributed by atoms with E-state index in [0.717, 1.165) is 6.54 Å². The van der Waals surface area contributed by atoms with Crippen molar-refractivity contribution in [1.29, 1.82) is 0 Å². The van der Waals surface area contributed by atoms with Gasteiger partial charge in [0, 0.05) is 36.0 Å². The molecule has 4 aliphatic rings. The van der Waals surface area contributed by atoms with E-state index in [4.69, 9.17) is 17.3 Å². The van der Waals surface area contributed by atoms with E-state index in [1.54, 1.807) is 0 Å². The van der Waals surface area contributed by atoms with E-state index >= 15 is 0 Å². The van der Waals surface area contributed by atoms with E-state index in [2.05, 4.69) is 4.90 Å². The Balaban J connectivity index is 1.51. The number of halogens is 1. The van der Waals surface area contributed by atoms with Crippen molar-refractivity contribution in [3.63, 3.8) is 0 Å². The number of aliphatic hydroxyl groups excluding tert-OH is 2. The molecule has 198 valence electrons. The zero-order chi connectivity index (χ0) is 26.8. The third-order valence-corrected chi connectivity index (χ3v) is 9.03. The number of benzene rings is 1. The molecule has 0 heterocycles. The number of amides is 1. The van der Waals surface area contributed by atoms with E-state index < -0.39 is 52.0 Å². The summed E-state index contributed by atoms with van der Waals surface area (Å²) in [5.41, 5.74) is 2.76. The van der Waals surface area contributed by atoms with Crippen LogP contribution >= 0.6 is 11.6 Å². The van der Waals surface area contributed by atoms with Crippen molar-refractivity contribution in [2.24, 2.45) is 23.5 Å². The first-order valence-electron chi connectivity index (χ1n) is 12.6. The van der Waals surface area contributed by atoms with Gasteiger partial charge in [-0.15, -0.1) is 0 Å². The molecule has 1 amide bonds. The summed E-state index contributed by atoms with van der Waals surface area (Å²) in [5.74, 6) is -5.84. The average Bonchev–Trinajstić information content (AvgIpc) is 3.32. The molecule has 3 unspecified atom stereocenters. The van der Waals surface area contributed by atoms with Gasteiger partial charge in [-0.05, 0) is 61.8 Å². The van der Waals surface area contributed by atoms with Gasteiger partial charge in [-0.1, -0.05) is 24.4 Å². The lowest BCUT2D eigenvalue weighted by Gasteiger charge is -2.45. The molecule has 0 radical (unpaired) electrons. The zero-order valence-corrected chi connectivity index (χ0v) is 21.3. The monoisotopic (exact) mass is 530 g/mol. The second kappa shape index (κ2) is 9.15. The summed E-state index contributed by atoms with van der Waals surface area (Å²) in [5, 5.41) is 43.9. The van der Waals surface area contributed by atoms with Gasteiger partial charge in [0.15, 0.2) is 11.4 Å². The number of phenols is 1. The molecule has 4 aliphatic carbocycles. The number of carbonyl (C=O) groups excluding carboxylic acids is 3. The molecular formula is C27H31ClN2O7. The molecular weight excluding hydrogens is 500 g/mol. The Labute approximate surface area is 219 Å². The maximum atomic E-state index is 13.6. The van der Waals surface area contributed by atoms with Gasteiger partial charge < -0.3 is 31.1 Å². The van der Waals surface area contributed by atoms with Crippen LogP contribution in [-0.4, -0.2) is 62.0 Å². The van der Waals surface area contributed by atoms with Gasteiger partial charge in [0.1, 0.15) is 22.8 Å². The summed E-state index contributed by atoms with van der Waals surface area (Å²) >= 11 is 6.79. The first-order valence-corrected chi connectivity index (χ1v) is 13.0. The van der Waals surface area contributed by atoms with Crippen LogP contribution in [0.2, 0.25) is 5.02 Å². The van der Waals surface area contributed by atoms with Crippen LogP contribution in [0.5, 0.6) is 5.75 Å². The standard InChI is InChI=1S/C27H31ClN2O7/c1-30(10-12-4-2-3-5-12)11-14-8-17(31)20-16(22(14)28)7-13-6-15-9-18(32)21(26(29)36)25(35)27(15,37)24(34)19(13)23(20)33/h8,12-13,15,31-32,34,37H,2-7,9-11H2,1H3,(H2,29,36). The van der Waals surface area contributed by atoms with Gasteiger partial charge in [0.05, 0.1) is 5.56 Å². The van der Waals surface area contributed by atoms with Crippen molar-refractivity contribution in [1.82, 2.24) is 4.90 Å². The third kappa shape index (κ3) is 3.95. The Morgan fingerprint density at radius 2 is 1.86 bits per heavy atom. The number of hydrogen-bond acceptors (Lipinski definition) is 8. The largest absolute Gasteiger partial charge is 0.511 e. The highest BCUT2D eigenvalue weighted by molar-refractivity contribution is 6.33. The van der Waals surface area contributed by atoms with Gasteiger partial charge in [0.25, 0.3) is 5.91 Å². The highest BCUT2D eigenvalue weighted by Crippen LogP contribution is 2.52. The van der Waals surface area contributed by atoms with Crippen LogP contribution in [0.1, 0.15) is 60.0 Å². The predicted octanol–water partition coefficient (Wildman–Crippen LogP) is 2.86. The van der Waals surface area contributed by atoms with Gasteiger partial charge in [0.2, 0.25) is 5.78 Å². The third-order valence-electron chi connectivity index (χ3n) is 8.56. The molecule has 5 rings (SSSR count). The molecule has 10 heteroatoms. The fraction of sp³-hybridized carbons (Fsp3) is 0.519. The minimum absolute atomic E-state index is 0.0659. The molecule has 6 N–H and O–H groups in total. The van der Waals surface area contributed by atoms with Crippen molar-refractivity contribution in [2.75, 3.05) is 13.6 Å². The van der Waals surface area contributed by atoms with Crippen molar-refractivity contribution in [2.45, 2.75) is 57.1 Å². The number of allylic oxidation sites excluding steroid dienone is 2. The second-order valence-electron chi connectivity index (χ2n) is 11.0. The molecule has 1 aromatic rings. The molecule has 1 fully saturated rings. The topological polar surface area (TPSA) is 161 Å². The number of aromatic hydroxyl groups is 1. The Hall–Kier alpha value is -2.88. The zero-order valence-electron chi connectivity index (χ0n) is 20.6. The highest BCUT2D eigenvalue weighted by Gasteiger charge is 2.59. The Morgan fingerprint density at radius 1 is 1.19 bits per heavy atom. The maximum absolute atomic E-state index is 13.6. The summed E-state index contributed by atoms with van der Waals surface area (Å²) in [6, 6.07) is 1.46. The molecule has 1 saturated carbocycles. The second-order valence-corrected chi connectivity index (χ2v) is 11.4. The number of aliphatic hydroxyl groups is 3. The van der Waals surface area contributed by atoms with Crippen LogP contribution in [0.4, 0.5) is 0 Å². The van der Waals surface area contributed by atoms with Gasteiger partial charge in [-0.2, -0.15) is 0 Å². The van der Waals surface area contributed by atoms with E-state index in [9.17, 15) is 34.8 Å². The number of rotatable bonds is 5. The minimum atomic E-state index is -2.57. The smallest absolute Gasteiger partial charge is 0.255 e. The Morgan fingerprint density at radius 3 is 2.51 bits per heavy atom. The van der Waals surface area contributed by atoms with Gasteiger partial charge >= 0.3 is 0 Å². The SMILES string of the molecule is CN(Cc1cc(O)c2c(c1Cl)CC1CC3CC(O)=C(C(N)=O)C(=O)C3(O)C(O)=C1C2=O)CC1CCCC1. The molecule has 0 aliphatic heterocycles. The van der Waals surface area contributed by atoms with Gasteiger partial charge in [-0.25, -0.2) is 0 Å². The number of Topliss-reactive ketones (excluding diaryl/α,β-unsaturated/α-hetero) is 2. The quantitative estimate of drug-likeness (QED) is 0.363. The number of ketones is 2. The summed E-state index contributed by atoms with van der Waals surface area (Å²) in [6.07, 6.45) is 4.88. The number of primary amides is 1. The first-order chi connectivity index (χ1) is 17.4. The predicted molar refractivity (Wildman–Crippen MR) is 134 cm³/mol. The fourth-order valence-corrected chi connectivity index (χ4v) is 7.11. The van der Waals surface area contributed by atoms with Crippen LogP contribution in [0.15, 0.2) is 28.7 Å². The van der Waals surface area contributed by atoms with E-state index in [1.807, 2.05) is 7.05 Å². The molecule has 0 saturated heterocycles. The number of hydrogen-bond donors (Lipinski definition) is 5. The van der Waals surface area contributed by atoms with Crippen molar-refractivity contribution in [3.8, 4) is 5.75 Å². The molecule has 0 spiro atoms. The number of fused-ring (bicyclic) bond motifs is 3. The van der Waals surface area contributed by atoms with Crippen LogP contribution < -0.4 is 5.73 Å². The number of phenolic OH excluding ortho intramolecular Hbond substituents is 1. The molecule has 3 atom stereocenters. The highest BCUT2D eigenvalue weighted by atomic mass is 35.5. The van der Waals surface area contributed by atoms with Crippen LogP contribution in [0.25, 0.3) is 0 Å². The molecule has 9 nitrogen and oxygen atoms in total. The average molecular weight is 531 g/mol. The van der Waals surface area contributed by atoms with Crippen LogP contribution in [-0.2, 0) is 22.6 Å². The van der Waals surface area contributed by atoms with Crippen molar-refractivity contribution < 1.29 is 34.8 Å². The first kappa shape index (κ1) is 25.8. The minimum Gasteiger partial charge on any atom is -0.511 e. The lowest BCUT2D eigenvalue weighted by atomic mass is 9.60. The molecule has 0 bridgehead atoms. The summed E-state index contributed by atoms with van der Waals surface area (Å²) < 4.78 is 0. The molecule has 1 aromatic carbocycles. The number of carbonyl (C=O) groups is 3. The van der Waals surface area contributed by atoms with E-state index in [0.29, 0.717) is 28.6 Å². The summed E-state index contributed by atoms with van der Waals surface area (Å²) in [4.78, 5) is 40.5. The van der Waals surface area contributed by atoms with E-state index in [1.165, 1.54) is 31.7 Å². The molecule has 37 heavy (non-hydrogen) atoms. The normalized spacial score (nSPS) is 28.0. The number of nitrogens with zero attached hydrogens (tertiary/aromatic N) is 1. The van der Waals surface area contributed by atoms with Crippen molar-refractivity contribution >= 4 is 29.1 Å². The maximum Gasteiger partial charge on any atom is 0.255 e. The number of nitrogens with two attached hydrogens (primary N) is 1. The molecule has 0 aromatic heterocycles. The summed E-state index contributed by atoms with van der Waals surface area (Å²) in [6.45, 7) is 1.41. The van der Waals surface area contributed by atoms with Crippen molar-refractivity contribution in [3.05, 3.63) is 50.4 Å². The summed E-state index contributed by atoms with van der Waals surface area (Å²) in [7, 11) is 2.00. The van der Waals surface area contributed by atoms with E-state index in [-0.39, 0.29) is 36.1 Å². The Bertz CT molecular complexity index is 1280. The van der Waals surface area contributed by atoms with Crippen LogP contribution in [0.3, 0.4) is 0 Å². The van der Waals surface area contributed by atoms with Gasteiger partial charge in [-0.3, -0.25) is 14.4 Å². The Kier molecular flexibility index (Phi) is 6.37. The fourth-order valence-electron chi connectivity index (χ4n) is 6.83. The van der Waals surface area contributed by atoms with Crippen LogP contribution in [0, 0.1) is 17.8 Å². The lowest BCUT2D eigenvalue weighted by molar-refractivity contribution is -0.144. The lowest BCUT2D eigenvalue weighted by Crippen LogP contribution is -2.57.